The topological polar surface area (TPSA) is 25.8 Å². The minimum Gasteiger partial charge on any atom is -0.256 e. The fourth-order valence-electron chi connectivity index (χ4n) is 5.20. The van der Waals surface area contributed by atoms with Crippen molar-refractivity contribution in [1.82, 2.24) is 9.97 Å². The van der Waals surface area contributed by atoms with Gasteiger partial charge in [-0.1, -0.05) is 115 Å². The van der Waals surface area contributed by atoms with Crippen molar-refractivity contribution in [2.45, 2.75) is 0 Å². The molecule has 0 aliphatic heterocycles. The number of nitrogens with zero attached hydrogens (tertiary/aromatic N) is 2. The molecule has 178 valence electrons. The average molecular weight is 485 g/mol. The molecule has 0 bridgehead atoms. The first-order valence-corrected chi connectivity index (χ1v) is 12.8. The van der Waals surface area contributed by atoms with Crippen LogP contribution in [0.4, 0.5) is 0 Å². The molecule has 0 aliphatic rings. The van der Waals surface area contributed by atoms with Gasteiger partial charge in [0.1, 0.15) is 0 Å². The molecule has 5 aromatic carbocycles. The summed E-state index contributed by atoms with van der Waals surface area (Å²) in [4.78, 5) is 9.71. The van der Waals surface area contributed by atoms with Gasteiger partial charge in [0.2, 0.25) is 0 Å². The molecule has 38 heavy (non-hydrogen) atoms. The predicted molar refractivity (Wildman–Crippen MR) is 159 cm³/mol. The molecule has 0 amide bonds. The summed E-state index contributed by atoms with van der Waals surface area (Å²) < 4.78 is 0. The molecule has 0 saturated heterocycles. The van der Waals surface area contributed by atoms with Gasteiger partial charge in [0.05, 0.1) is 16.7 Å². The van der Waals surface area contributed by atoms with Crippen molar-refractivity contribution >= 4 is 21.8 Å². The van der Waals surface area contributed by atoms with Gasteiger partial charge in [-0.25, -0.2) is 4.98 Å². The second kappa shape index (κ2) is 9.42. The summed E-state index contributed by atoms with van der Waals surface area (Å²) in [6, 6.07) is 49.0. The highest BCUT2D eigenvalue weighted by molar-refractivity contribution is 6.00. The van der Waals surface area contributed by atoms with Crippen molar-refractivity contribution in [1.29, 1.82) is 0 Å². The molecule has 2 nitrogen and oxygen atoms in total. The third kappa shape index (κ3) is 4.03. The third-order valence-electron chi connectivity index (χ3n) is 7.12. The largest absolute Gasteiger partial charge is 0.256 e. The Balaban J connectivity index is 1.40. The lowest BCUT2D eigenvalue weighted by molar-refractivity contribution is 1.40. The molecule has 0 atom stereocenters. The van der Waals surface area contributed by atoms with Gasteiger partial charge in [-0.15, -0.1) is 0 Å². The smallest absolute Gasteiger partial charge is 0.0780 e. The maximum atomic E-state index is 5.06. The van der Waals surface area contributed by atoms with E-state index in [4.69, 9.17) is 4.98 Å². The first-order valence-electron chi connectivity index (χ1n) is 12.8. The molecule has 0 aliphatic carbocycles. The highest BCUT2D eigenvalue weighted by Gasteiger charge is 2.12. The number of rotatable bonds is 4. The van der Waals surface area contributed by atoms with Crippen LogP contribution < -0.4 is 0 Å². The van der Waals surface area contributed by atoms with Gasteiger partial charge in [0, 0.05) is 28.1 Å². The van der Waals surface area contributed by atoms with Crippen LogP contribution >= 0.6 is 0 Å². The Labute approximate surface area is 221 Å². The van der Waals surface area contributed by atoms with E-state index in [0.29, 0.717) is 0 Å². The molecule has 0 spiro atoms. The number of aromatic nitrogens is 2. The van der Waals surface area contributed by atoms with Crippen LogP contribution in [0.1, 0.15) is 0 Å². The predicted octanol–water partition coefficient (Wildman–Crippen LogP) is 9.45. The highest BCUT2D eigenvalue weighted by Crippen LogP contribution is 2.36. The van der Waals surface area contributed by atoms with Crippen molar-refractivity contribution in [3.63, 3.8) is 0 Å². The summed E-state index contributed by atoms with van der Waals surface area (Å²) in [5, 5.41) is 2.29. The number of fused-ring (bicyclic) bond motifs is 2. The Morgan fingerprint density at radius 3 is 1.84 bits per heavy atom. The normalized spacial score (nSPS) is 11.2. The van der Waals surface area contributed by atoms with Gasteiger partial charge in [-0.2, -0.15) is 0 Å². The zero-order valence-corrected chi connectivity index (χ0v) is 20.8. The van der Waals surface area contributed by atoms with E-state index in [1.54, 1.807) is 0 Å². The van der Waals surface area contributed by atoms with E-state index in [-0.39, 0.29) is 0 Å². The quantitative estimate of drug-likeness (QED) is 0.249. The summed E-state index contributed by atoms with van der Waals surface area (Å²) in [6.45, 7) is 0. The van der Waals surface area contributed by atoms with Crippen LogP contribution in [0.15, 0.2) is 146 Å². The Kier molecular flexibility index (Phi) is 5.49. The van der Waals surface area contributed by atoms with Crippen LogP contribution in [-0.4, -0.2) is 9.97 Å². The van der Waals surface area contributed by atoms with E-state index in [0.717, 1.165) is 49.8 Å². The maximum Gasteiger partial charge on any atom is 0.0780 e. The first kappa shape index (κ1) is 22.1. The van der Waals surface area contributed by atoms with Crippen LogP contribution in [0.5, 0.6) is 0 Å². The van der Waals surface area contributed by atoms with Crippen molar-refractivity contribution in [3.8, 4) is 44.6 Å². The molecule has 0 saturated carbocycles. The van der Waals surface area contributed by atoms with Gasteiger partial charge in [0.25, 0.3) is 0 Å². The number of para-hydroxylation sites is 1. The fraction of sp³-hybridized carbons (Fsp3) is 0. The van der Waals surface area contributed by atoms with Crippen molar-refractivity contribution in [2.75, 3.05) is 0 Å². The SMILES string of the molecule is c1ccc(-c2ccc3nc(-c4ccccc4)cc(-c4ccc(-c5cccc6cccnc56)cc4)c3c2)cc1. The van der Waals surface area contributed by atoms with Gasteiger partial charge in [-0.3, -0.25) is 4.98 Å². The number of hydrogen-bond donors (Lipinski definition) is 0. The Morgan fingerprint density at radius 2 is 1.08 bits per heavy atom. The van der Waals surface area contributed by atoms with E-state index in [9.17, 15) is 0 Å². The summed E-state index contributed by atoms with van der Waals surface area (Å²) >= 11 is 0. The Bertz CT molecular complexity index is 1890. The van der Waals surface area contributed by atoms with Crippen molar-refractivity contribution < 1.29 is 0 Å². The second-order valence-electron chi connectivity index (χ2n) is 9.48. The molecule has 0 radical (unpaired) electrons. The molecule has 2 aromatic heterocycles. The van der Waals surface area contributed by atoms with E-state index < -0.39 is 0 Å². The second-order valence-corrected chi connectivity index (χ2v) is 9.48. The molecule has 0 fully saturated rings. The summed E-state index contributed by atoms with van der Waals surface area (Å²) in [5.74, 6) is 0. The zero-order chi connectivity index (χ0) is 25.3. The van der Waals surface area contributed by atoms with Crippen LogP contribution in [0.2, 0.25) is 0 Å². The molecule has 2 heteroatoms. The third-order valence-corrected chi connectivity index (χ3v) is 7.12. The lowest BCUT2D eigenvalue weighted by Gasteiger charge is -2.13. The fourth-order valence-corrected chi connectivity index (χ4v) is 5.20. The number of pyridine rings is 2. The lowest BCUT2D eigenvalue weighted by atomic mass is 9.94. The van der Waals surface area contributed by atoms with Gasteiger partial charge >= 0.3 is 0 Å². The minimum atomic E-state index is 0.975. The van der Waals surface area contributed by atoms with E-state index >= 15 is 0 Å². The zero-order valence-electron chi connectivity index (χ0n) is 20.8. The summed E-state index contributed by atoms with van der Waals surface area (Å²) in [6.07, 6.45) is 1.86. The molecule has 7 rings (SSSR count). The van der Waals surface area contributed by atoms with Crippen LogP contribution in [-0.2, 0) is 0 Å². The van der Waals surface area contributed by atoms with Gasteiger partial charge < -0.3 is 0 Å². The Hall–Kier alpha value is -5.08. The molecule has 2 heterocycles. The summed E-state index contributed by atoms with van der Waals surface area (Å²) in [7, 11) is 0. The van der Waals surface area contributed by atoms with Crippen LogP contribution in [0.3, 0.4) is 0 Å². The van der Waals surface area contributed by atoms with Crippen molar-refractivity contribution in [3.05, 3.63) is 146 Å². The highest BCUT2D eigenvalue weighted by atomic mass is 14.7. The minimum absolute atomic E-state index is 0.975. The van der Waals surface area contributed by atoms with E-state index in [1.165, 1.54) is 16.7 Å². The standard InChI is InChI=1S/C36H24N2/c1-3-9-25(10-4-1)30-20-21-34-33(23-30)32(24-35(38-34)28-11-5-2-6-12-28)27-18-16-26(17-19-27)31-15-7-13-29-14-8-22-37-36(29)31/h1-24H. The van der Waals surface area contributed by atoms with Crippen molar-refractivity contribution in [2.24, 2.45) is 0 Å². The van der Waals surface area contributed by atoms with Crippen LogP contribution in [0.25, 0.3) is 66.4 Å². The van der Waals surface area contributed by atoms with Crippen LogP contribution in [0, 0.1) is 0 Å². The first-order chi connectivity index (χ1) is 18.8. The van der Waals surface area contributed by atoms with E-state index in [1.807, 2.05) is 18.3 Å². The average Bonchev–Trinajstić information content (AvgIpc) is 3.01. The van der Waals surface area contributed by atoms with Gasteiger partial charge in [-0.05, 0) is 52.1 Å². The van der Waals surface area contributed by atoms with Gasteiger partial charge in [0.15, 0.2) is 0 Å². The molecule has 7 aromatic rings. The molecular weight excluding hydrogens is 460 g/mol. The number of hydrogen-bond acceptors (Lipinski definition) is 2. The number of benzene rings is 5. The summed E-state index contributed by atoms with van der Waals surface area (Å²) in [5.41, 5.74) is 11.1. The molecular formula is C36H24N2. The molecule has 0 unspecified atom stereocenters. The lowest BCUT2D eigenvalue weighted by Crippen LogP contribution is -1.91. The van der Waals surface area contributed by atoms with E-state index in [2.05, 4.69) is 132 Å². The Morgan fingerprint density at radius 1 is 0.421 bits per heavy atom. The maximum absolute atomic E-state index is 5.06. The monoisotopic (exact) mass is 484 g/mol. The molecule has 0 N–H and O–H groups in total.